The van der Waals surface area contributed by atoms with Gasteiger partial charge in [-0.3, -0.25) is 4.79 Å². The molecule has 1 heterocycles. The van der Waals surface area contributed by atoms with Crippen molar-refractivity contribution in [1.29, 1.82) is 0 Å². The Morgan fingerprint density at radius 3 is 2.44 bits per heavy atom. The Morgan fingerprint density at radius 1 is 1.78 bits per heavy atom. The molecule has 0 saturated carbocycles. The molecule has 3 nitrogen and oxygen atoms in total. The summed E-state index contributed by atoms with van der Waals surface area (Å²) in [5.74, 6) is -0.0162. The molecule has 1 rings (SSSR count). The predicted molar refractivity (Wildman–Crippen MR) is 37.4 cm³/mol. The molecule has 0 aromatic rings. The minimum atomic E-state index is -0.259. The fourth-order valence-electron chi connectivity index (χ4n) is 0.897. The summed E-state index contributed by atoms with van der Waals surface area (Å²) < 4.78 is 0. The van der Waals surface area contributed by atoms with E-state index in [0.717, 1.165) is 6.42 Å². The van der Waals surface area contributed by atoms with Gasteiger partial charge in [0.2, 0.25) is 5.91 Å². The van der Waals surface area contributed by atoms with Crippen LogP contribution >= 0.6 is 12.4 Å². The zero-order valence-electron chi connectivity index (χ0n) is 5.26. The Bertz CT molecular complexity index is 118. The largest absolute Gasteiger partial charge is 0.352 e. The molecule has 0 aliphatic carbocycles. The van der Waals surface area contributed by atoms with Crippen molar-refractivity contribution in [3.63, 3.8) is 0 Å². The maximum absolute atomic E-state index is 10.5. The van der Waals surface area contributed by atoms with Crippen molar-refractivity contribution in [3.8, 4) is 0 Å². The second-order valence-electron chi connectivity index (χ2n) is 2.25. The Hall–Kier alpha value is -0.280. The third kappa shape index (κ3) is 1.84. The number of halogens is 1. The molecule has 0 radical (unpaired) electrons. The summed E-state index contributed by atoms with van der Waals surface area (Å²) in [5, 5.41) is 2.70. The zero-order chi connectivity index (χ0) is 6.15. The third-order valence-electron chi connectivity index (χ3n) is 1.33. The molecular weight excluding hydrogens is 140 g/mol. The molecule has 0 spiro atoms. The highest BCUT2D eigenvalue weighted by molar-refractivity contribution is 5.85. The van der Waals surface area contributed by atoms with E-state index in [1.165, 1.54) is 0 Å². The second kappa shape index (κ2) is 3.03. The summed E-state index contributed by atoms with van der Waals surface area (Å²) in [6.07, 6.45) is 0.777. The first-order valence-corrected chi connectivity index (χ1v) is 2.76. The molecule has 0 unspecified atom stereocenters. The second-order valence-corrected chi connectivity index (χ2v) is 2.25. The van der Waals surface area contributed by atoms with Gasteiger partial charge in [0.1, 0.15) is 0 Å². The molecule has 0 aromatic carbocycles. The monoisotopic (exact) mass is 150 g/mol. The van der Waals surface area contributed by atoms with E-state index in [1.807, 2.05) is 6.92 Å². The van der Waals surface area contributed by atoms with Crippen LogP contribution in [0.2, 0.25) is 0 Å². The first kappa shape index (κ1) is 8.72. The summed E-state index contributed by atoms with van der Waals surface area (Å²) in [6, 6.07) is 0.0162. The van der Waals surface area contributed by atoms with Gasteiger partial charge in [0, 0.05) is 6.04 Å². The van der Waals surface area contributed by atoms with Crippen LogP contribution in [0.4, 0.5) is 0 Å². The Morgan fingerprint density at radius 2 is 2.33 bits per heavy atom. The van der Waals surface area contributed by atoms with Crippen LogP contribution in [0.5, 0.6) is 0 Å². The van der Waals surface area contributed by atoms with Gasteiger partial charge in [0.15, 0.2) is 0 Å². The van der Waals surface area contributed by atoms with Gasteiger partial charge in [0.25, 0.3) is 0 Å². The van der Waals surface area contributed by atoms with Crippen LogP contribution in [0, 0.1) is 0 Å². The van der Waals surface area contributed by atoms with Crippen LogP contribution in [0.3, 0.4) is 0 Å². The van der Waals surface area contributed by atoms with Crippen LogP contribution in [0.25, 0.3) is 0 Å². The topological polar surface area (TPSA) is 55.1 Å². The van der Waals surface area contributed by atoms with Crippen molar-refractivity contribution in [1.82, 2.24) is 5.32 Å². The Kier molecular flexibility index (Phi) is 2.94. The fourth-order valence-corrected chi connectivity index (χ4v) is 0.897. The average Bonchev–Trinajstić information content (AvgIpc) is 1.85. The summed E-state index contributed by atoms with van der Waals surface area (Å²) >= 11 is 0. The molecule has 1 aliphatic heterocycles. The molecule has 0 bridgehead atoms. The lowest BCUT2D eigenvalue weighted by atomic mass is 10.2. The smallest absolute Gasteiger partial charge is 0.237 e. The lowest BCUT2D eigenvalue weighted by molar-refractivity contribution is -0.120. The summed E-state index contributed by atoms with van der Waals surface area (Å²) in [5.41, 5.74) is 5.36. The number of hydrogen-bond acceptors (Lipinski definition) is 2. The summed E-state index contributed by atoms with van der Waals surface area (Å²) in [4.78, 5) is 10.5. The highest BCUT2D eigenvalue weighted by Crippen LogP contribution is 2.03. The molecule has 54 valence electrons. The molecular formula is C5H11ClN2O. The van der Waals surface area contributed by atoms with Gasteiger partial charge >= 0.3 is 0 Å². The molecule has 2 atom stereocenters. The van der Waals surface area contributed by atoms with Crippen LogP contribution < -0.4 is 11.1 Å². The Balaban J connectivity index is 0.000000640. The van der Waals surface area contributed by atoms with Gasteiger partial charge in [-0.05, 0) is 13.3 Å². The first-order valence-electron chi connectivity index (χ1n) is 2.76. The van der Waals surface area contributed by atoms with E-state index in [4.69, 9.17) is 5.73 Å². The quantitative estimate of drug-likeness (QED) is 0.496. The number of rotatable bonds is 0. The minimum Gasteiger partial charge on any atom is -0.352 e. The molecule has 1 amide bonds. The van der Waals surface area contributed by atoms with Crippen molar-refractivity contribution in [2.75, 3.05) is 0 Å². The number of amides is 1. The molecule has 1 fully saturated rings. The van der Waals surface area contributed by atoms with Crippen LogP contribution in [0.15, 0.2) is 0 Å². The van der Waals surface area contributed by atoms with Crippen molar-refractivity contribution >= 4 is 18.3 Å². The van der Waals surface area contributed by atoms with Crippen LogP contribution in [-0.2, 0) is 4.79 Å². The molecule has 1 aliphatic rings. The number of hydrogen-bond donors (Lipinski definition) is 2. The van der Waals surface area contributed by atoms with E-state index in [1.54, 1.807) is 0 Å². The zero-order valence-corrected chi connectivity index (χ0v) is 6.07. The lowest BCUT2D eigenvalue weighted by Gasteiger charge is -1.95. The maximum Gasteiger partial charge on any atom is 0.237 e. The standard InChI is InChI=1S/C5H10N2O.ClH/c1-3-2-4(6)5(8)7-3;/h3-4H,2,6H2,1H3,(H,7,8);1H/t3-,4-;/m1./s1. The van der Waals surface area contributed by atoms with Crippen LogP contribution in [-0.4, -0.2) is 18.0 Å². The van der Waals surface area contributed by atoms with E-state index in [2.05, 4.69) is 5.32 Å². The predicted octanol–water partition coefficient (Wildman–Crippen LogP) is -0.356. The highest BCUT2D eigenvalue weighted by atomic mass is 35.5. The van der Waals surface area contributed by atoms with Gasteiger partial charge in [-0.15, -0.1) is 12.4 Å². The first-order chi connectivity index (χ1) is 3.70. The molecule has 4 heteroatoms. The van der Waals surface area contributed by atoms with Crippen molar-refractivity contribution < 1.29 is 4.79 Å². The van der Waals surface area contributed by atoms with Crippen LogP contribution in [0.1, 0.15) is 13.3 Å². The molecule has 0 aromatic heterocycles. The number of carbonyl (C=O) groups excluding carboxylic acids is 1. The van der Waals surface area contributed by atoms with Gasteiger partial charge in [-0.25, -0.2) is 0 Å². The minimum absolute atomic E-state index is 0. The lowest BCUT2D eigenvalue weighted by Crippen LogP contribution is -2.30. The van der Waals surface area contributed by atoms with Gasteiger partial charge in [-0.1, -0.05) is 0 Å². The van der Waals surface area contributed by atoms with Crippen molar-refractivity contribution in [2.45, 2.75) is 25.4 Å². The van der Waals surface area contributed by atoms with Gasteiger partial charge < -0.3 is 11.1 Å². The van der Waals surface area contributed by atoms with Gasteiger partial charge in [-0.2, -0.15) is 0 Å². The number of carbonyl (C=O) groups is 1. The normalized spacial score (nSPS) is 33.3. The van der Waals surface area contributed by atoms with E-state index >= 15 is 0 Å². The van der Waals surface area contributed by atoms with E-state index in [9.17, 15) is 4.79 Å². The van der Waals surface area contributed by atoms with Gasteiger partial charge in [0.05, 0.1) is 6.04 Å². The maximum atomic E-state index is 10.5. The fraction of sp³-hybridized carbons (Fsp3) is 0.800. The molecule has 3 N–H and O–H groups in total. The van der Waals surface area contributed by atoms with Crippen molar-refractivity contribution in [3.05, 3.63) is 0 Å². The van der Waals surface area contributed by atoms with E-state index in [-0.39, 0.29) is 30.4 Å². The Labute approximate surface area is 60.4 Å². The average molecular weight is 151 g/mol. The van der Waals surface area contributed by atoms with E-state index < -0.39 is 0 Å². The van der Waals surface area contributed by atoms with Crippen molar-refractivity contribution in [2.24, 2.45) is 5.73 Å². The third-order valence-corrected chi connectivity index (χ3v) is 1.33. The molecule has 9 heavy (non-hydrogen) atoms. The number of nitrogens with two attached hydrogens (primary N) is 1. The highest BCUT2D eigenvalue weighted by Gasteiger charge is 2.24. The summed E-state index contributed by atoms with van der Waals surface area (Å²) in [6.45, 7) is 1.95. The number of nitrogens with one attached hydrogen (secondary N) is 1. The van der Waals surface area contributed by atoms with E-state index in [0.29, 0.717) is 0 Å². The molecule has 1 saturated heterocycles. The summed E-state index contributed by atoms with van der Waals surface area (Å²) in [7, 11) is 0. The SMILES string of the molecule is C[C@@H]1C[C@@H](N)C(=O)N1.Cl.